The van der Waals surface area contributed by atoms with Crippen molar-refractivity contribution in [3.8, 4) is 0 Å². The number of sulfonamides is 1. The predicted molar refractivity (Wildman–Crippen MR) is 132 cm³/mol. The third-order valence-corrected chi connectivity index (χ3v) is 7.75. The Kier molecular flexibility index (Phi) is 7.05. The molecular formula is C26H27ClN2O3S. The van der Waals surface area contributed by atoms with E-state index in [2.05, 4.69) is 29.0 Å². The van der Waals surface area contributed by atoms with Crippen LogP contribution in [0, 0.1) is 12.8 Å². The summed E-state index contributed by atoms with van der Waals surface area (Å²) in [6.45, 7) is 3.30. The van der Waals surface area contributed by atoms with Gasteiger partial charge < -0.3 is 4.90 Å². The fraction of sp³-hybridized carbons (Fsp3) is 0.269. The summed E-state index contributed by atoms with van der Waals surface area (Å²) in [5, 5.41) is 0.190. The van der Waals surface area contributed by atoms with Crippen molar-refractivity contribution in [3.63, 3.8) is 0 Å². The third-order valence-electron chi connectivity index (χ3n) is 6.06. The minimum atomic E-state index is -3.77. The van der Waals surface area contributed by atoms with Crippen molar-refractivity contribution in [1.82, 2.24) is 4.90 Å². The molecule has 7 heteroatoms. The number of carbonyl (C=O) groups excluding carboxylic acids is 1. The van der Waals surface area contributed by atoms with E-state index in [4.69, 9.17) is 11.6 Å². The first-order valence-corrected chi connectivity index (χ1v) is 12.9. The van der Waals surface area contributed by atoms with E-state index in [-0.39, 0.29) is 21.5 Å². The van der Waals surface area contributed by atoms with Gasteiger partial charge in [-0.3, -0.25) is 9.52 Å². The number of aryl methyl sites for hydroxylation is 1. The molecule has 1 fully saturated rings. The number of amides is 1. The van der Waals surface area contributed by atoms with Crippen LogP contribution in [0.25, 0.3) is 0 Å². The molecule has 5 nitrogen and oxygen atoms in total. The molecule has 0 atom stereocenters. The highest BCUT2D eigenvalue weighted by atomic mass is 35.5. The van der Waals surface area contributed by atoms with E-state index in [0.717, 1.165) is 24.8 Å². The van der Waals surface area contributed by atoms with Crippen molar-refractivity contribution in [2.75, 3.05) is 17.8 Å². The normalized spacial score (nSPS) is 14.8. The Bertz CT molecular complexity index is 1220. The van der Waals surface area contributed by atoms with Crippen molar-refractivity contribution in [2.24, 2.45) is 5.92 Å². The number of piperidine rings is 1. The van der Waals surface area contributed by atoms with Gasteiger partial charge in [-0.05, 0) is 68.0 Å². The van der Waals surface area contributed by atoms with Gasteiger partial charge in [0.15, 0.2) is 0 Å². The molecule has 1 aliphatic heterocycles. The smallest absolute Gasteiger partial charge is 0.261 e. The molecule has 0 bridgehead atoms. The van der Waals surface area contributed by atoms with Crippen molar-refractivity contribution in [3.05, 3.63) is 94.5 Å². The minimum absolute atomic E-state index is 0.0806. The van der Waals surface area contributed by atoms with Gasteiger partial charge >= 0.3 is 0 Å². The zero-order valence-corrected chi connectivity index (χ0v) is 20.1. The lowest BCUT2D eigenvalue weighted by Crippen LogP contribution is -2.38. The highest BCUT2D eigenvalue weighted by molar-refractivity contribution is 7.92. The van der Waals surface area contributed by atoms with Crippen LogP contribution in [0.3, 0.4) is 0 Å². The van der Waals surface area contributed by atoms with Crippen LogP contribution in [-0.2, 0) is 16.4 Å². The molecule has 0 unspecified atom stereocenters. The van der Waals surface area contributed by atoms with Crippen LogP contribution < -0.4 is 4.72 Å². The van der Waals surface area contributed by atoms with E-state index in [1.807, 2.05) is 17.9 Å². The average molecular weight is 483 g/mol. The van der Waals surface area contributed by atoms with Gasteiger partial charge in [0.25, 0.3) is 15.9 Å². The molecule has 3 aromatic rings. The molecule has 1 aliphatic rings. The molecular weight excluding hydrogens is 456 g/mol. The second kappa shape index (κ2) is 9.98. The van der Waals surface area contributed by atoms with Crippen LogP contribution in [0.4, 0.5) is 5.69 Å². The Morgan fingerprint density at radius 2 is 1.67 bits per heavy atom. The number of rotatable bonds is 6. The largest absolute Gasteiger partial charge is 0.339 e. The average Bonchev–Trinajstić information content (AvgIpc) is 2.81. The zero-order chi connectivity index (χ0) is 23.4. The van der Waals surface area contributed by atoms with Gasteiger partial charge in [-0.2, -0.15) is 0 Å². The van der Waals surface area contributed by atoms with E-state index in [1.165, 1.54) is 11.6 Å². The molecule has 1 heterocycles. The number of carbonyl (C=O) groups is 1. The van der Waals surface area contributed by atoms with E-state index >= 15 is 0 Å². The summed E-state index contributed by atoms with van der Waals surface area (Å²) in [5.74, 6) is 0.488. The summed E-state index contributed by atoms with van der Waals surface area (Å²) in [7, 11) is -3.77. The first-order chi connectivity index (χ1) is 15.8. The number of hydrogen-bond acceptors (Lipinski definition) is 3. The Morgan fingerprint density at radius 1 is 1.00 bits per heavy atom. The van der Waals surface area contributed by atoms with Crippen LogP contribution in [0.2, 0.25) is 5.02 Å². The maximum atomic E-state index is 13.0. The van der Waals surface area contributed by atoms with Crippen molar-refractivity contribution in [1.29, 1.82) is 0 Å². The molecule has 172 valence electrons. The highest BCUT2D eigenvalue weighted by Crippen LogP contribution is 2.28. The molecule has 4 rings (SSSR count). The van der Waals surface area contributed by atoms with Gasteiger partial charge in [-0.25, -0.2) is 8.42 Å². The monoisotopic (exact) mass is 482 g/mol. The van der Waals surface area contributed by atoms with Crippen LogP contribution in [0.15, 0.2) is 77.7 Å². The fourth-order valence-corrected chi connectivity index (χ4v) is 5.49. The summed E-state index contributed by atoms with van der Waals surface area (Å²) >= 11 is 6.35. The highest BCUT2D eigenvalue weighted by Gasteiger charge is 2.24. The summed E-state index contributed by atoms with van der Waals surface area (Å²) in [5.41, 5.74) is 3.01. The number of anilines is 1. The number of nitrogens with one attached hydrogen (secondary N) is 1. The third kappa shape index (κ3) is 5.75. The Hall–Kier alpha value is -2.83. The first kappa shape index (κ1) is 23.3. The van der Waals surface area contributed by atoms with E-state index in [9.17, 15) is 13.2 Å². The number of likely N-dealkylation sites (tertiary alicyclic amines) is 1. The van der Waals surface area contributed by atoms with Crippen LogP contribution >= 0.6 is 11.6 Å². The predicted octanol–water partition coefficient (Wildman–Crippen LogP) is 5.54. The number of hydrogen-bond donors (Lipinski definition) is 1. The van der Waals surface area contributed by atoms with Gasteiger partial charge in [-0.15, -0.1) is 0 Å². The summed E-state index contributed by atoms with van der Waals surface area (Å²) in [6.07, 6.45) is 2.95. The standard InChI is InChI=1S/C26H27ClN2O3S/c1-19-7-10-23(11-8-19)33(31,32)28-25-12-9-22(18-24(25)27)26(30)29-15-13-21(14-16-29)17-20-5-3-2-4-6-20/h2-12,18,21,28H,13-17H2,1H3. The lowest BCUT2D eigenvalue weighted by atomic mass is 9.90. The van der Waals surface area contributed by atoms with E-state index in [0.29, 0.717) is 24.6 Å². The number of halogens is 1. The molecule has 1 N–H and O–H groups in total. The van der Waals surface area contributed by atoms with Gasteiger partial charge in [0.2, 0.25) is 0 Å². The zero-order valence-electron chi connectivity index (χ0n) is 18.5. The summed E-state index contributed by atoms with van der Waals surface area (Å²) in [4.78, 5) is 15.0. The van der Waals surface area contributed by atoms with Crippen LogP contribution in [-0.4, -0.2) is 32.3 Å². The van der Waals surface area contributed by atoms with Crippen LogP contribution in [0.1, 0.15) is 34.3 Å². The fourth-order valence-electron chi connectivity index (χ4n) is 4.12. The summed E-state index contributed by atoms with van der Waals surface area (Å²) in [6, 6.07) is 21.7. The molecule has 1 amide bonds. The lowest BCUT2D eigenvalue weighted by molar-refractivity contribution is 0.0690. The Morgan fingerprint density at radius 3 is 2.30 bits per heavy atom. The molecule has 0 radical (unpaired) electrons. The van der Waals surface area contributed by atoms with Crippen molar-refractivity contribution in [2.45, 2.75) is 31.1 Å². The lowest BCUT2D eigenvalue weighted by Gasteiger charge is -2.32. The molecule has 0 spiro atoms. The molecule has 1 saturated heterocycles. The first-order valence-electron chi connectivity index (χ1n) is 11.0. The van der Waals surface area contributed by atoms with Crippen LogP contribution in [0.5, 0.6) is 0 Å². The van der Waals surface area contributed by atoms with E-state index < -0.39 is 10.0 Å². The van der Waals surface area contributed by atoms with E-state index in [1.54, 1.807) is 36.4 Å². The minimum Gasteiger partial charge on any atom is -0.339 e. The molecule has 0 aliphatic carbocycles. The Labute approximate surface area is 200 Å². The molecule has 3 aromatic carbocycles. The topological polar surface area (TPSA) is 66.5 Å². The molecule has 0 aromatic heterocycles. The molecule has 33 heavy (non-hydrogen) atoms. The number of benzene rings is 3. The van der Waals surface area contributed by atoms with Gasteiger partial charge in [0, 0.05) is 18.7 Å². The second-order valence-corrected chi connectivity index (χ2v) is 10.6. The Balaban J connectivity index is 1.38. The van der Waals surface area contributed by atoms with Gasteiger partial charge in [0.1, 0.15) is 0 Å². The van der Waals surface area contributed by atoms with Crippen molar-refractivity contribution < 1.29 is 13.2 Å². The molecule has 0 saturated carbocycles. The SMILES string of the molecule is Cc1ccc(S(=O)(=O)Nc2ccc(C(=O)N3CCC(Cc4ccccc4)CC3)cc2Cl)cc1. The van der Waals surface area contributed by atoms with Gasteiger partial charge in [0.05, 0.1) is 15.6 Å². The van der Waals surface area contributed by atoms with Crippen molar-refractivity contribution >= 4 is 33.2 Å². The maximum Gasteiger partial charge on any atom is 0.261 e. The number of nitrogens with zero attached hydrogens (tertiary/aromatic N) is 1. The van der Waals surface area contributed by atoms with Gasteiger partial charge in [-0.1, -0.05) is 59.6 Å². The maximum absolute atomic E-state index is 13.0. The second-order valence-electron chi connectivity index (χ2n) is 8.54. The quantitative estimate of drug-likeness (QED) is 0.501. The summed E-state index contributed by atoms with van der Waals surface area (Å²) < 4.78 is 27.8.